The van der Waals surface area contributed by atoms with Crippen LogP contribution in [0.4, 0.5) is 0 Å². The summed E-state index contributed by atoms with van der Waals surface area (Å²) in [5.74, 6) is -0.982. The van der Waals surface area contributed by atoms with Crippen molar-refractivity contribution in [3.05, 3.63) is 60.4 Å². The second-order valence-corrected chi connectivity index (χ2v) is 9.18. The number of unbranched alkanes of at least 4 members (excludes halogenated alkanes) is 12. The van der Waals surface area contributed by atoms with Gasteiger partial charge < -0.3 is 5.11 Å². The molecule has 1 N–H and O–H groups in total. The largest absolute Gasteiger partial charge is 0.481 e. The molecular formula is C29H44NO2+. The minimum absolute atomic E-state index is 0.312. The summed E-state index contributed by atoms with van der Waals surface area (Å²) in [5, 5.41) is 9.78. The molecule has 0 radical (unpaired) electrons. The number of carboxylic acids is 1. The Balaban J connectivity index is 1.64. The zero-order valence-electron chi connectivity index (χ0n) is 20.2. The lowest BCUT2D eigenvalue weighted by Crippen LogP contribution is -2.31. The molecule has 3 nitrogen and oxygen atoms in total. The summed E-state index contributed by atoms with van der Waals surface area (Å²) in [6.07, 6.45) is 22.5. The standard InChI is InChI=1S/C29H43NO2/c1-2-3-4-5-6-7-8-9-10-11-12-13-15-21-27(29(31)32)25-26-20-16-17-22-28(26)30-23-18-14-19-24-30/h14,16-20,22-24,27H,2-13,15,21,25H2,1H3/p+1. The number of hydrogen-bond donors (Lipinski definition) is 1. The molecule has 1 unspecified atom stereocenters. The van der Waals surface area contributed by atoms with Crippen molar-refractivity contribution in [3.63, 3.8) is 0 Å². The molecule has 0 aliphatic heterocycles. The second kappa shape index (κ2) is 16.5. The third-order valence-corrected chi connectivity index (χ3v) is 6.46. The quantitative estimate of drug-likeness (QED) is 0.191. The van der Waals surface area contributed by atoms with Crippen LogP contribution in [0.15, 0.2) is 54.9 Å². The molecule has 3 heteroatoms. The lowest BCUT2D eigenvalue weighted by atomic mass is 9.92. The molecule has 0 aliphatic rings. The number of carbonyl (C=O) groups is 1. The fourth-order valence-corrected chi connectivity index (χ4v) is 4.48. The van der Waals surface area contributed by atoms with Gasteiger partial charge in [-0.1, -0.05) is 115 Å². The van der Waals surface area contributed by atoms with Crippen molar-refractivity contribution in [1.82, 2.24) is 0 Å². The highest BCUT2D eigenvalue weighted by atomic mass is 16.4. The van der Waals surface area contributed by atoms with Crippen molar-refractivity contribution < 1.29 is 14.5 Å². The molecule has 2 rings (SSSR count). The van der Waals surface area contributed by atoms with Gasteiger partial charge in [-0.2, -0.15) is 4.57 Å². The molecule has 176 valence electrons. The molecule has 2 aromatic rings. The number of pyridine rings is 1. The van der Waals surface area contributed by atoms with Gasteiger partial charge in [0.1, 0.15) is 0 Å². The van der Waals surface area contributed by atoms with E-state index in [1.54, 1.807) is 0 Å². The Morgan fingerprint density at radius 3 is 1.84 bits per heavy atom. The van der Waals surface area contributed by atoms with E-state index < -0.39 is 5.97 Å². The Hall–Kier alpha value is -2.16. The van der Waals surface area contributed by atoms with E-state index in [0.29, 0.717) is 6.42 Å². The molecule has 0 amide bonds. The van der Waals surface area contributed by atoms with Gasteiger partial charge >= 0.3 is 5.97 Å². The van der Waals surface area contributed by atoms with E-state index in [9.17, 15) is 9.90 Å². The second-order valence-electron chi connectivity index (χ2n) is 9.18. The maximum Gasteiger partial charge on any atom is 0.306 e. The molecule has 0 spiro atoms. The Bertz CT molecular complexity index is 744. The molecule has 1 aromatic carbocycles. The van der Waals surface area contributed by atoms with Crippen LogP contribution in [0.1, 0.15) is 102 Å². The van der Waals surface area contributed by atoms with Crippen molar-refractivity contribution in [1.29, 1.82) is 0 Å². The number of benzene rings is 1. The maximum absolute atomic E-state index is 11.9. The molecule has 1 atom stereocenters. The van der Waals surface area contributed by atoms with Gasteiger partial charge in [-0.15, -0.1) is 0 Å². The minimum Gasteiger partial charge on any atom is -0.481 e. The van der Waals surface area contributed by atoms with E-state index >= 15 is 0 Å². The van der Waals surface area contributed by atoms with E-state index in [0.717, 1.165) is 30.5 Å². The number of aliphatic carboxylic acids is 1. The van der Waals surface area contributed by atoms with Gasteiger partial charge in [0, 0.05) is 23.8 Å². The summed E-state index contributed by atoms with van der Waals surface area (Å²) in [6.45, 7) is 2.27. The van der Waals surface area contributed by atoms with Crippen LogP contribution in [0.5, 0.6) is 0 Å². The van der Waals surface area contributed by atoms with Crippen molar-refractivity contribution in [2.45, 2.75) is 103 Å². The van der Waals surface area contributed by atoms with Gasteiger partial charge in [-0.05, 0) is 12.8 Å². The summed E-state index contributed by atoms with van der Waals surface area (Å²) < 4.78 is 2.07. The van der Waals surface area contributed by atoms with Crippen molar-refractivity contribution in [2.75, 3.05) is 0 Å². The lowest BCUT2D eigenvalue weighted by Gasteiger charge is -2.13. The van der Waals surface area contributed by atoms with Crippen molar-refractivity contribution in [3.8, 4) is 5.69 Å². The summed E-state index contributed by atoms with van der Waals surface area (Å²) in [5.41, 5.74) is 2.18. The first-order valence-electron chi connectivity index (χ1n) is 13.0. The highest BCUT2D eigenvalue weighted by Crippen LogP contribution is 2.20. The van der Waals surface area contributed by atoms with Crippen LogP contribution < -0.4 is 4.57 Å². The predicted octanol–water partition coefficient (Wildman–Crippen LogP) is 7.69. The maximum atomic E-state index is 11.9. The topological polar surface area (TPSA) is 41.2 Å². The van der Waals surface area contributed by atoms with Crippen LogP contribution in [-0.2, 0) is 11.2 Å². The fraction of sp³-hybridized carbons (Fsp3) is 0.586. The van der Waals surface area contributed by atoms with E-state index in [1.165, 1.54) is 70.6 Å². The minimum atomic E-state index is -0.670. The highest BCUT2D eigenvalue weighted by Gasteiger charge is 2.21. The van der Waals surface area contributed by atoms with Crippen LogP contribution in [0.2, 0.25) is 0 Å². The molecule has 1 aromatic heterocycles. The SMILES string of the molecule is CCCCCCCCCCCCCCCC(Cc1ccccc1-[n+]1ccccc1)C(=O)O. The first-order chi connectivity index (χ1) is 15.7. The van der Waals surface area contributed by atoms with Crippen LogP contribution in [-0.4, -0.2) is 11.1 Å². The predicted molar refractivity (Wildman–Crippen MR) is 133 cm³/mol. The molecule has 0 saturated carbocycles. The third kappa shape index (κ3) is 10.4. The summed E-state index contributed by atoms with van der Waals surface area (Å²) >= 11 is 0. The molecule has 32 heavy (non-hydrogen) atoms. The Kier molecular flexibility index (Phi) is 13.4. The fourth-order valence-electron chi connectivity index (χ4n) is 4.48. The zero-order chi connectivity index (χ0) is 22.9. The summed E-state index contributed by atoms with van der Waals surface area (Å²) in [6, 6.07) is 14.1. The Morgan fingerprint density at radius 1 is 0.750 bits per heavy atom. The molecule has 0 bridgehead atoms. The first-order valence-corrected chi connectivity index (χ1v) is 13.0. The van der Waals surface area contributed by atoms with Gasteiger partial charge in [-0.25, -0.2) is 0 Å². The number of hydrogen-bond acceptors (Lipinski definition) is 1. The number of rotatable bonds is 18. The van der Waals surface area contributed by atoms with Gasteiger partial charge in [0.15, 0.2) is 12.4 Å². The molecule has 0 aliphatic carbocycles. The highest BCUT2D eigenvalue weighted by molar-refractivity contribution is 5.70. The molecule has 1 heterocycles. The Morgan fingerprint density at radius 2 is 1.28 bits per heavy atom. The van der Waals surface area contributed by atoms with Crippen LogP contribution >= 0.6 is 0 Å². The molecule has 0 fully saturated rings. The van der Waals surface area contributed by atoms with Gasteiger partial charge in [0.25, 0.3) is 0 Å². The Labute approximate surface area is 195 Å². The van der Waals surface area contributed by atoms with E-state index in [-0.39, 0.29) is 5.92 Å². The van der Waals surface area contributed by atoms with E-state index in [4.69, 9.17) is 0 Å². The van der Waals surface area contributed by atoms with Crippen LogP contribution in [0.3, 0.4) is 0 Å². The third-order valence-electron chi connectivity index (χ3n) is 6.46. The van der Waals surface area contributed by atoms with Gasteiger partial charge in [-0.3, -0.25) is 4.79 Å². The molecular weight excluding hydrogens is 394 g/mol. The first kappa shape index (κ1) is 26.1. The van der Waals surface area contributed by atoms with E-state index in [1.807, 2.05) is 42.7 Å². The normalized spacial score (nSPS) is 12.0. The van der Waals surface area contributed by atoms with Gasteiger partial charge in [0.05, 0.1) is 5.92 Å². The zero-order valence-corrected chi connectivity index (χ0v) is 20.2. The van der Waals surface area contributed by atoms with Crippen LogP contribution in [0, 0.1) is 5.92 Å². The van der Waals surface area contributed by atoms with Crippen molar-refractivity contribution >= 4 is 5.97 Å². The van der Waals surface area contributed by atoms with E-state index in [2.05, 4.69) is 23.6 Å². The number of carboxylic acid groups (broad SMARTS) is 1. The van der Waals surface area contributed by atoms with Crippen LogP contribution in [0.25, 0.3) is 5.69 Å². The number of para-hydroxylation sites is 1. The number of aromatic nitrogens is 1. The smallest absolute Gasteiger partial charge is 0.306 e. The summed E-state index contributed by atoms with van der Waals surface area (Å²) in [7, 11) is 0. The summed E-state index contributed by atoms with van der Waals surface area (Å²) in [4.78, 5) is 11.9. The molecule has 0 saturated heterocycles. The van der Waals surface area contributed by atoms with Gasteiger partial charge in [0.2, 0.25) is 5.69 Å². The lowest BCUT2D eigenvalue weighted by molar-refractivity contribution is -0.596. The van der Waals surface area contributed by atoms with Crippen molar-refractivity contribution in [2.24, 2.45) is 5.92 Å². The number of nitrogens with zero attached hydrogens (tertiary/aromatic N) is 1. The monoisotopic (exact) mass is 438 g/mol. The average molecular weight is 439 g/mol. The average Bonchev–Trinajstić information content (AvgIpc) is 2.82.